The van der Waals surface area contributed by atoms with E-state index in [0.717, 1.165) is 38.5 Å². The van der Waals surface area contributed by atoms with Crippen LogP contribution in [0, 0.1) is 0 Å². The Morgan fingerprint density at radius 2 is 0.982 bits per heavy atom. The van der Waals surface area contributed by atoms with Crippen LogP contribution in [0.15, 0.2) is 24.3 Å². The first-order valence-corrected chi connectivity index (χ1v) is 24.5. The Morgan fingerprint density at radius 1 is 0.554 bits per heavy atom. The number of quaternary nitrogens is 1. The lowest BCUT2D eigenvalue weighted by Crippen LogP contribution is -2.37. The van der Waals surface area contributed by atoms with E-state index in [-0.39, 0.29) is 26.1 Å². The topological polar surface area (TPSA) is 111 Å². The molecule has 0 spiro atoms. The molecule has 10 heteroatoms. The fourth-order valence-corrected chi connectivity index (χ4v) is 7.07. The number of unbranched alkanes of at least 4 members (excludes halogenated alkanes) is 24. The van der Waals surface area contributed by atoms with Crippen molar-refractivity contribution in [3.63, 3.8) is 0 Å². The van der Waals surface area contributed by atoms with E-state index in [2.05, 4.69) is 38.2 Å². The third-order valence-electron chi connectivity index (χ3n) is 9.97. The van der Waals surface area contributed by atoms with Crippen molar-refractivity contribution in [3.8, 4) is 0 Å². The first-order valence-electron chi connectivity index (χ1n) is 23.0. The van der Waals surface area contributed by atoms with Crippen LogP contribution < -0.4 is 4.89 Å². The first-order chi connectivity index (χ1) is 27.0. The maximum absolute atomic E-state index is 12.7. The van der Waals surface area contributed by atoms with Gasteiger partial charge in [-0.3, -0.25) is 14.2 Å². The Balaban J connectivity index is 4.38. The zero-order chi connectivity index (χ0) is 41.4. The van der Waals surface area contributed by atoms with Crippen LogP contribution in [-0.4, -0.2) is 70.0 Å². The van der Waals surface area contributed by atoms with E-state index in [1.165, 1.54) is 135 Å². The Hall–Kier alpha value is -1.51. The highest BCUT2D eigenvalue weighted by Crippen LogP contribution is 2.38. The molecule has 1 unspecified atom stereocenters. The number of hydrogen-bond donors (Lipinski definition) is 0. The van der Waals surface area contributed by atoms with Crippen molar-refractivity contribution < 1.29 is 42.1 Å². The van der Waals surface area contributed by atoms with Gasteiger partial charge in [-0.05, 0) is 38.5 Å². The van der Waals surface area contributed by atoms with E-state index in [0.29, 0.717) is 17.4 Å². The van der Waals surface area contributed by atoms with Gasteiger partial charge in [-0.2, -0.15) is 0 Å². The van der Waals surface area contributed by atoms with Gasteiger partial charge in [0.1, 0.15) is 19.8 Å². The number of esters is 2. The molecule has 9 nitrogen and oxygen atoms in total. The van der Waals surface area contributed by atoms with Gasteiger partial charge in [-0.15, -0.1) is 0 Å². The van der Waals surface area contributed by atoms with Crippen molar-refractivity contribution >= 4 is 19.8 Å². The fourth-order valence-electron chi connectivity index (χ4n) is 6.34. The van der Waals surface area contributed by atoms with Gasteiger partial charge in [-0.25, -0.2) is 0 Å². The van der Waals surface area contributed by atoms with Crippen LogP contribution in [0.3, 0.4) is 0 Å². The van der Waals surface area contributed by atoms with Crippen LogP contribution in [0.5, 0.6) is 0 Å². The summed E-state index contributed by atoms with van der Waals surface area (Å²) in [5, 5.41) is 0. The molecule has 56 heavy (non-hydrogen) atoms. The molecular formula is C46H88NO8P. The summed E-state index contributed by atoms with van der Waals surface area (Å²) in [6.07, 6.45) is 42.1. The van der Waals surface area contributed by atoms with E-state index < -0.39 is 32.5 Å². The van der Waals surface area contributed by atoms with Crippen LogP contribution >= 0.6 is 7.82 Å². The number of phosphoric acid groups is 1. The second-order valence-electron chi connectivity index (χ2n) is 16.8. The minimum Gasteiger partial charge on any atom is -0.756 e. The summed E-state index contributed by atoms with van der Waals surface area (Å²) in [7, 11) is 1.15. The van der Waals surface area contributed by atoms with Crippen molar-refractivity contribution in [3.05, 3.63) is 24.3 Å². The first kappa shape index (κ1) is 54.5. The summed E-state index contributed by atoms with van der Waals surface area (Å²) in [6, 6.07) is 0. The summed E-state index contributed by atoms with van der Waals surface area (Å²) in [6.45, 7) is 4.20. The number of phosphoric ester groups is 1. The maximum atomic E-state index is 12.7. The number of allylic oxidation sites excluding steroid dienone is 4. The number of likely N-dealkylation sites (N-methyl/N-ethyl adjacent to an activating group) is 1. The molecule has 330 valence electrons. The molecule has 0 bridgehead atoms. The molecule has 0 heterocycles. The molecule has 0 aromatic carbocycles. The number of carbonyl (C=O) groups is 2. The van der Waals surface area contributed by atoms with Crippen molar-refractivity contribution in [2.75, 3.05) is 47.5 Å². The van der Waals surface area contributed by atoms with Crippen LogP contribution in [0.1, 0.15) is 206 Å². The van der Waals surface area contributed by atoms with E-state index in [4.69, 9.17) is 18.5 Å². The van der Waals surface area contributed by atoms with Gasteiger partial charge in [0.25, 0.3) is 7.82 Å². The Kier molecular flexibility index (Phi) is 37.9. The highest BCUT2D eigenvalue weighted by Gasteiger charge is 2.21. The zero-order valence-electron chi connectivity index (χ0n) is 37.1. The molecule has 0 aromatic heterocycles. The highest BCUT2D eigenvalue weighted by atomic mass is 31.2. The Morgan fingerprint density at radius 3 is 1.46 bits per heavy atom. The summed E-state index contributed by atoms with van der Waals surface area (Å²) < 4.78 is 33.9. The maximum Gasteiger partial charge on any atom is 0.306 e. The van der Waals surface area contributed by atoms with E-state index in [1.807, 2.05) is 21.1 Å². The monoisotopic (exact) mass is 814 g/mol. The van der Waals surface area contributed by atoms with Gasteiger partial charge in [0.15, 0.2) is 6.10 Å². The van der Waals surface area contributed by atoms with Gasteiger partial charge in [0, 0.05) is 12.8 Å². The molecule has 0 rings (SSSR count). The summed E-state index contributed by atoms with van der Waals surface area (Å²) in [5.74, 6) is -0.879. The molecule has 0 aliphatic rings. The molecule has 0 amide bonds. The van der Waals surface area contributed by atoms with Crippen LogP contribution in [0.2, 0.25) is 0 Å². The highest BCUT2D eigenvalue weighted by molar-refractivity contribution is 7.45. The van der Waals surface area contributed by atoms with Crippen LogP contribution in [0.4, 0.5) is 0 Å². The normalized spacial score (nSPS) is 13.8. The lowest BCUT2D eigenvalue weighted by molar-refractivity contribution is -0.870. The largest absolute Gasteiger partial charge is 0.756 e. The molecule has 0 saturated carbocycles. The molecule has 2 atom stereocenters. The number of ether oxygens (including phenoxy) is 2. The molecule has 0 aliphatic carbocycles. The van der Waals surface area contributed by atoms with E-state index in [9.17, 15) is 19.0 Å². The second-order valence-corrected chi connectivity index (χ2v) is 18.2. The molecule has 0 saturated heterocycles. The molecule has 0 N–H and O–H groups in total. The minimum atomic E-state index is -4.63. The van der Waals surface area contributed by atoms with Crippen molar-refractivity contribution in [2.45, 2.75) is 213 Å². The quantitative estimate of drug-likeness (QED) is 0.0197. The van der Waals surface area contributed by atoms with E-state index in [1.54, 1.807) is 0 Å². The number of hydrogen-bond acceptors (Lipinski definition) is 8. The van der Waals surface area contributed by atoms with Gasteiger partial charge in [0.2, 0.25) is 0 Å². The van der Waals surface area contributed by atoms with Crippen LogP contribution in [0.25, 0.3) is 0 Å². The van der Waals surface area contributed by atoms with Gasteiger partial charge in [-0.1, -0.05) is 179 Å². The smallest absolute Gasteiger partial charge is 0.306 e. The van der Waals surface area contributed by atoms with Crippen molar-refractivity contribution in [1.82, 2.24) is 0 Å². The summed E-state index contributed by atoms with van der Waals surface area (Å²) in [5.41, 5.74) is 0. The lowest BCUT2D eigenvalue weighted by Gasteiger charge is -2.28. The van der Waals surface area contributed by atoms with Gasteiger partial charge >= 0.3 is 11.9 Å². The average molecular weight is 814 g/mol. The predicted molar refractivity (Wildman–Crippen MR) is 231 cm³/mol. The molecule has 0 fully saturated rings. The predicted octanol–water partition coefficient (Wildman–Crippen LogP) is 12.5. The number of carbonyl (C=O) groups excluding carboxylic acids is 2. The Labute approximate surface area is 345 Å². The number of rotatable bonds is 42. The molecular weight excluding hydrogens is 725 g/mol. The lowest BCUT2D eigenvalue weighted by atomic mass is 10.0. The van der Waals surface area contributed by atoms with Gasteiger partial charge < -0.3 is 27.9 Å². The molecule has 0 aromatic rings. The van der Waals surface area contributed by atoms with Crippen molar-refractivity contribution in [2.24, 2.45) is 0 Å². The zero-order valence-corrected chi connectivity index (χ0v) is 38.0. The SMILES string of the molecule is CCCCCCCCCCC/C=C/C/C=C/CCCC(=O)O[C@H](COC(=O)CCCCCCCCCCCCCCCCC)COP(=O)([O-])OCC[N+](C)(C)C. The second kappa shape index (κ2) is 39.0. The minimum absolute atomic E-state index is 0.0361. The Bertz CT molecular complexity index is 1010. The average Bonchev–Trinajstić information content (AvgIpc) is 3.15. The number of nitrogens with zero attached hydrogens (tertiary/aromatic N) is 1. The standard InChI is InChI=1S/C46H88NO8P/c1-6-8-10-12-14-16-18-20-22-23-25-27-29-31-33-35-37-39-46(49)55-44(43-54-56(50,51)53-41-40-47(3,4)5)42-52-45(48)38-36-34-32-30-28-26-24-21-19-17-15-13-11-9-7-2/h25,27,31,33,44H,6-24,26,28-30,32,34-43H2,1-5H3/b27-25+,33-31+/t44-/m1/s1. The third kappa shape index (κ3) is 42.1. The third-order valence-corrected chi connectivity index (χ3v) is 10.9. The van der Waals surface area contributed by atoms with E-state index >= 15 is 0 Å². The summed E-state index contributed by atoms with van der Waals surface area (Å²) in [4.78, 5) is 37.5. The molecule has 0 radical (unpaired) electrons. The van der Waals surface area contributed by atoms with Crippen LogP contribution in [-0.2, 0) is 32.7 Å². The fraction of sp³-hybridized carbons (Fsp3) is 0.870. The molecule has 0 aliphatic heterocycles. The van der Waals surface area contributed by atoms with Gasteiger partial charge in [0.05, 0.1) is 27.7 Å². The summed E-state index contributed by atoms with van der Waals surface area (Å²) >= 11 is 0. The van der Waals surface area contributed by atoms with Crippen molar-refractivity contribution in [1.29, 1.82) is 0 Å².